The van der Waals surface area contributed by atoms with E-state index in [1.807, 2.05) is 30.3 Å². The molecule has 160 valence electrons. The monoisotopic (exact) mass is 428 g/mol. The Bertz CT molecular complexity index is 957. The lowest BCUT2D eigenvalue weighted by Crippen LogP contribution is -2.34. The fraction of sp³-hybridized carbons (Fsp3) is 0.304. The highest BCUT2D eigenvalue weighted by molar-refractivity contribution is 7.94. The first-order valence-corrected chi connectivity index (χ1v) is 11.4. The summed E-state index contributed by atoms with van der Waals surface area (Å²) in [5.74, 6) is -1.09. The fourth-order valence-electron chi connectivity index (χ4n) is 2.84. The second-order valence-electron chi connectivity index (χ2n) is 7.23. The van der Waals surface area contributed by atoms with Crippen LogP contribution in [0.3, 0.4) is 0 Å². The molecular weight excluding hydrogens is 400 g/mol. The summed E-state index contributed by atoms with van der Waals surface area (Å²) in [5.41, 5.74) is 6.33. The lowest BCUT2D eigenvalue weighted by atomic mass is 10.0. The molecule has 0 aliphatic carbocycles. The van der Waals surface area contributed by atoms with Gasteiger partial charge in [0.2, 0.25) is 11.8 Å². The van der Waals surface area contributed by atoms with E-state index in [1.165, 1.54) is 18.2 Å². The Hall–Kier alpha value is -2.93. The molecule has 2 aromatic rings. The third-order valence-corrected chi connectivity index (χ3v) is 6.23. The van der Waals surface area contributed by atoms with Crippen molar-refractivity contribution in [2.24, 2.45) is 11.7 Å². The number of aryl methyl sites for hydroxylation is 1. The third kappa shape index (κ3) is 7.83. The summed E-state index contributed by atoms with van der Waals surface area (Å²) in [6.45, 7) is 1.68. The summed E-state index contributed by atoms with van der Waals surface area (Å²) in [5, 5.41) is 4.01. The molecule has 2 unspecified atom stereocenters. The van der Waals surface area contributed by atoms with Gasteiger partial charge in [-0.15, -0.1) is 0 Å². The number of sulfone groups is 1. The first-order chi connectivity index (χ1) is 14.3. The molecule has 0 spiro atoms. The van der Waals surface area contributed by atoms with Crippen LogP contribution >= 0.6 is 0 Å². The molecule has 0 fully saturated rings. The first kappa shape index (κ1) is 23.3. The number of nitrogens with one attached hydrogen (secondary N) is 1. The Kier molecular flexibility index (Phi) is 8.80. The third-order valence-electron chi connectivity index (χ3n) is 4.79. The average Bonchev–Trinajstić information content (AvgIpc) is 2.75. The van der Waals surface area contributed by atoms with E-state index in [0.29, 0.717) is 19.3 Å². The van der Waals surface area contributed by atoms with Gasteiger partial charge in [0, 0.05) is 23.8 Å². The molecule has 3 N–H and O–H groups in total. The van der Waals surface area contributed by atoms with Crippen molar-refractivity contribution >= 4 is 21.7 Å². The molecule has 0 aliphatic heterocycles. The van der Waals surface area contributed by atoms with Gasteiger partial charge in [0.05, 0.1) is 4.90 Å². The van der Waals surface area contributed by atoms with E-state index < -0.39 is 27.7 Å². The normalized spacial score (nSPS) is 13.6. The van der Waals surface area contributed by atoms with Crippen LogP contribution in [0.2, 0.25) is 0 Å². The molecular formula is C23H28N2O4S. The topological polar surface area (TPSA) is 106 Å². The second kappa shape index (κ2) is 11.3. The second-order valence-corrected chi connectivity index (χ2v) is 9.06. The maximum atomic E-state index is 12.5. The first-order valence-electron chi connectivity index (χ1n) is 9.89. The van der Waals surface area contributed by atoms with Gasteiger partial charge in [-0.3, -0.25) is 9.59 Å². The van der Waals surface area contributed by atoms with Crippen LogP contribution < -0.4 is 11.1 Å². The van der Waals surface area contributed by atoms with Crippen LogP contribution in [0, 0.1) is 5.92 Å². The Labute approximate surface area is 178 Å². The van der Waals surface area contributed by atoms with Crippen LogP contribution in [0.4, 0.5) is 0 Å². The highest BCUT2D eigenvalue weighted by atomic mass is 32.2. The molecule has 0 radical (unpaired) electrons. The summed E-state index contributed by atoms with van der Waals surface area (Å²) >= 11 is 0. The smallest absolute Gasteiger partial charge is 0.220 e. The molecule has 30 heavy (non-hydrogen) atoms. The van der Waals surface area contributed by atoms with Gasteiger partial charge < -0.3 is 11.1 Å². The molecule has 2 amide bonds. The highest BCUT2D eigenvalue weighted by Gasteiger charge is 2.16. The number of rotatable bonds is 11. The zero-order valence-electron chi connectivity index (χ0n) is 17.0. The molecule has 0 saturated carbocycles. The fourth-order valence-corrected chi connectivity index (χ4v) is 3.93. The van der Waals surface area contributed by atoms with Crippen LogP contribution in [0.5, 0.6) is 0 Å². The van der Waals surface area contributed by atoms with Gasteiger partial charge in [-0.2, -0.15) is 0 Å². The van der Waals surface area contributed by atoms with E-state index in [9.17, 15) is 18.0 Å². The number of nitrogens with two attached hydrogens (primary N) is 1. The Morgan fingerprint density at radius 1 is 1.00 bits per heavy atom. The minimum absolute atomic E-state index is 0.144. The van der Waals surface area contributed by atoms with E-state index >= 15 is 0 Å². The number of carbonyl (C=O) groups is 2. The quantitative estimate of drug-likeness (QED) is 0.574. The van der Waals surface area contributed by atoms with E-state index in [0.717, 1.165) is 11.0 Å². The maximum absolute atomic E-state index is 12.5. The molecule has 7 heteroatoms. The molecule has 0 bridgehead atoms. The van der Waals surface area contributed by atoms with Crippen molar-refractivity contribution in [2.75, 3.05) is 0 Å². The number of primary amides is 1. The van der Waals surface area contributed by atoms with Crippen molar-refractivity contribution in [3.05, 3.63) is 77.7 Å². The summed E-state index contributed by atoms with van der Waals surface area (Å²) in [7, 11) is -3.60. The minimum Gasteiger partial charge on any atom is -0.369 e. The summed E-state index contributed by atoms with van der Waals surface area (Å²) in [4.78, 5) is 23.7. The van der Waals surface area contributed by atoms with Gasteiger partial charge in [0.1, 0.15) is 0 Å². The molecule has 0 saturated heterocycles. The van der Waals surface area contributed by atoms with Crippen LogP contribution in [-0.4, -0.2) is 26.3 Å². The Balaban J connectivity index is 2.08. The van der Waals surface area contributed by atoms with Crippen LogP contribution in [0.1, 0.15) is 31.7 Å². The average molecular weight is 429 g/mol. The van der Waals surface area contributed by atoms with Gasteiger partial charge in [0.15, 0.2) is 9.84 Å². The largest absolute Gasteiger partial charge is 0.369 e. The molecule has 0 heterocycles. The van der Waals surface area contributed by atoms with E-state index in [-0.39, 0.29) is 17.2 Å². The van der Waals surface area contributed by atoms with Crippen molar-refractivity contribution in [3.8, 4) is 0 Å². The van der Waals surface area contributed by atoms with Gasteiger partial charge in [-0.05, 0) is 37.0 Å². The zero-order chi connectivity index (χ0) is 22.0. The van der Waals surface area contributed by atoms with Crippen LogP contribution in [0.15, 0.2) is 77.0 Å². The molecule has 2 atom stereocenters. The SMILES string of the molecule is CC(CCC(=O)NC(C=CS(=O)(=O)c1ccccc1)CCc1ccccc1)C(N)=O. The van der Waals surface area contributed by atoms with Crippen LogP contribution in [-0.2, 0) is 25.8 Å². The van der Waals surface area contributed by atoms with Crippen molar-refractivity contribution in [1.82, 2.24) is 5.32 Å². The molecule has 6 nitrogen and oxygen atoms in total. The predicted octanol–water partition coefficient (Wildman–Crippen LogP) is 2.99. The number of benzene rings is 2. The van der Waals surface area contributed by atoms with E-state index in [1.54, 1.807) is 25.1 Å². The van der Waals surface area contributed by atoms with Crippen molar-refractivity contribution < 1.29 is 18.0 Å². The lowest BCUT2D eigenvalue weighted by molar-refractivity contribution is -0.123. The molecule has 0 aromatic heterocycles. The Morgan fingerprint density at radius 2 is 1.60 bits per heavy atom. The molecule has 2 aromatic carbocycles. The predicted molar refractivity (Wildman–Crippen MR) is 117 cm³/mol. The van der Waals surface area contributed by atoms with E-state index in [2.05, 4.69) is 5.32 Å². The number of hydrogen-bond acceptors (Lipinski definition) is 4. The molecule has 0 aliphatic rings. The number of carbonyl (C=O) groups excluding carboxylic acids is 2. The summed E-state index contributed by atoms with van der Waals surface area (Å²) in [6.07, 6.45) is 3.23. The number of amides is 2. The van der Waals surface area contributed by atoms with Gasteiger partial charge in [-0.1, -0.05) is 61.5 Å². The van der Waals surface area contributed by atoms with Crippen molar-refractivity contribution in [3.63, 3.8) is 0 Å². The number of hydrogen-bond donors (Lipinski definition) is 2. The van der Waals surface area contributed by atoms with Gasteiger partial charge >= 0.3 is 0 Å². The maximum Gasteiger partial charge on any atom is 0.220 e. The van der Waals surface area contributed by atoms with Crippen molar-refractivity contribution in [1.29, 1.82) is 0 Å². The summed E-state index contributed by atoms with van der Waals surface area (Å²) < 4.78 is 25.1. The molecule has 2 rings (SSSR count). The van der Waals surface area contributed by atoms with Gasteiger partial charge in [0.25, 0.3) is 0 Å². The standard InChI is InChI=1S/C23H28N2O4S/c1-18(23(24)27)12-15-22(26)25-20(14-13-19-8-4-2-5-9-19)16-17-30(28,29)21-10-6-3-7-11-21/h2-11,16-18,20H,12-15H2,1H3,(H2,24,27)(H,25,26). The Morgan fingerprint density at radius 3 is 2.20 bits per heavy atom. The van der Waals surface area contributed by atoms with Crippen molar-refractivity contribution in [2.45, 2.75) is 43.5 Å². The summed E-state index contributed by atoms with van der Waals surface area (Å²) in [6, 6.07) is 17.4. The van der Waals surface area contributed by atoms with Crippen LogP contribution in [0.25, 0.3) is 0 Å². The van der Waals surface area contributed by atoms with Gasteiger partial charge in [-0.25, -0.2) is 8.42 Å². The zero-order valence-corrected chi connectivity index (χ0v) is 17.8. The highest BCUT2D eigenvalue weighted by Crippen LogP contribution is 2.13. The lowest BCUT2D eigenvalue weighted by Gasteiger charge is -2.16. The van der Waals surface area contributed by atoms with E-state index in [4.69, 9.17) is 5.73 Å². The minimum atomic E-state index is -3.60.